The molecule has 1 nitrogen and oxygen atoms in total. The summed E-state index contributed by atoms with van der Waals surface area (Å²) in [6.07, 6.45) is 0. The summed E-state index contributed by atoms with van der Waals surface area (Å²) in [5.41, 5.74) is 3.99. The van der Waals surface area contributed by atoms with E-state index in [2.05, 4.69) is 37.4 Å². The highest BCUT2D eigenvalue weighted by atomic mass is 35.5. The molecule has 106 valence electrons. The molecule has 0 aromatic heterocycles. The van der Waals surface area contributed by atoms with E-state index in [4.69, 9.17) is 11.6 Å². The van der Waals surface area contributed by atoms with E-state index in [0.717, 1.165) is 28.8 Å². The molecule has 0 saturated carbocycles. The molecule has 0 spiro atoms. The van der Waals surface area contributed by atoms with Crippen molar-refractivity contribution in [2.24, 2.45) is 0 Å². The maximum absolute atomic E-state index is 13.5. The van der Waals surface area contributed by atoms with Gasteiger partial charge >= 0.3 is 0 Å². The van der Waals surface area contributed by atoms with Gasteiger partial charge in [-0.05, 0) is 36.2 Å². The van der Waals surface area contributed by atoms with Crippen molar-refractivity contribution < 1.29 is 4.39 Å². The smallest absolute Gasteiger partial charge is 0.123 e. The van der Waals surface area contributed by atoms with Crippen LogP contribution in [0.2, 0.25) is 5.02 Å². The second-order valence-corrected chi connectivity index (χ2v) is 5.73. The van der Waals surface area contributed by atoms with Crippen LogP contribution in [0.4, 0.5) is 4.39 Å². The van der Waals surface area contributed by atoms with Crippen LogP contribution >= 0.6 is 11.6 Å². The van der Waals surface area contributed by atoms with Crippen molar-refractivity contribution in [2.75, 3.05) is 0 Å². The first-order valence-electron chi connectivity index (χ1n) is 6.75. The number of rotatable bonds is 4. The van der Waals surface area contributed by atoms with Crippen LogP contribution in [0.25, 0.3) is 11.1 Å². The number of aryl methyl sites for hydroxylation is 1. The zero-order valence-electron chi connectivity index (χ0n) is 12.0. The van der Waals surface area contributed by atoms with Crippen LogP contribution in [-0.2, 0) is 6.54 Å². The standard InChI is InChI=1S/C17H19ClFN/c1-11(2)20-10-13-5-4-12(3)8-15(13)16-9-14(19)6-7-17(16)18/h4-9,11,20H,10H2,1-3H3. The minimum atomic E-state index is -0.270. The Kier molecular flexibility index (Phi) is 4.79. The Labute approximate surface area is 124 Å². The zero-order valence-corrected chi connectivity index (χ0v) is 12.8. The summed E-state index contributed by atoms with van der Waals surface area (Å²) in [5.74, 6) is -0.270. The number of nitrogens with one attached hydrogen (secondary N) is 1. The molecule has 2 rings (SSSR count). The first-order chi connectivity index (χ1) is 9.47. The van der Waals surface area contributed by atoms with Crippen molar-refractivity contribution >= 4 is 11.6 Å². The maximum atomic E-state index is 13.5. The van der Waals surface area contributed by atoms with Gasteiger partial charge in [0.25, 0.3) is 0 Å². The average molecular weight is 292 g/mol. The average Bonchev–Trinajstić information content (AvgIpc) is 2.40. The van der Waals surface area contributed by atoms with Crippen molar-refractivity contribution in [1.29, 1.82) is 0 Å². The van der Waals surface area contributed by atoms with Crippen molar-refractivity contribution in [1.82, 2.24) is 5.32 Å². The van der Waals surface area contributed by atoms with Gasteiger partial charge in [-0.3, -0.25) is 0 Å². The fourth-order valence-corrected chi connectivity index (χ4v) is 2.33. The van der Waals surface area contributed by atoms with E-state index in [-0.39, 0.29) is 5.82 Å². The molecule has 0 saturated heterocycles. The lowest BCUT2D eigenvalue weighted by Crippen LogP contribution is -2.22. The van der Waals surface area contributed by atoms with Crippen LogP contribution in [0.15, 0.2) is 36.4 Å². The van der Waals surface area contributed by atoms with Crippen LogP contribution in [0.5, 0.6) is 0 Å². The Morgan fingerprint density at radius 2 is 1.85 bits per heavy atom. The molecule has 0 aliphatic rings. The minimum absolute atomic E-state index is 0.270. The largest absolute Gasteiger partial charge is 0.310 e. The molecular weight excluding hydrogens is 273 g/mol. The van der Waals surface area contributed by atoms with Crippen LogP contribution in [0.1, 0.15) is 25.0 Å². The van der Waals surface area contributed by atoms with Gasteiger partial charge in [-0.1, -0.05) is 49.2 Å². The molecule has 0 unspecified atom stereocenters. The normalized spacial score (nSPS) is 11.1. The van der Waals surface area contributed by atoms with Crippen LogP contribution in [0.3, 0.4) is 0 Å². The summed E-state index contributed by atoms with van der Waals surface area (Å²) < 4.78 is 13.5. The second-order valence-electron chi connectivity index (χ2n) is 5.32. The highest BCUT2D eigenvalue weighted by Crippen LogP contribution is 2.32. The second kappa shape index (κ2) is 6.38. The summed E-state index contributed by atoms with van der Waals surface area (Å²) >= 11 is 6.23. The van der Waals surface area contributed by atoms with Crippen LogP contribution in [-0.4, -0.2) is 6.04 Å². The van der Waals surface area contributed by atoms with Gasteiger partial charge in [-0.15, -0.1) is 0 Å². The highest BCUT2D eigenvalue weighted by molar-refractivity contribution is 6.33. The molecule has 0 radical (unpaired) electrons. The fraction of sp³-hybridized carbons (Fsp3) is 0.294. The Balaban J connectivity index is 2.48. The summed E-state index contributed by atoms with van der Waals surface area (Å²) in [7, 11) is 0. The zero-order chi connectivity index (χ0) is 14.7. The summed E-state index contributed by atoms with van der Waals surface area (Å²) in [4.78, 5) is 0. The third-order valence-electron chi connectivity index (χ3n) is 3.18. The van der Waals surface area contributed by atoms with Crippen molar-refractivity contribution in [3.63, 3.8) is 0 Å². The topological polar surface area (TPSA) is 12.0 Å². The summed E-state index contributed by atoms with van der Waals surface area (Å²) in [6.45, 7) is 6.96. The van der Waals surface area contributed by atoms with Gasteiger partial charge in [-0.25, -0.2) is 4.39 Å². The molecule has 0 amide bonds. The number of hydrogen-bond donors (Lipinski definition) is 1. The van der Waals surface area contributed by atoms with Crippen molar-refractivity contribution in [3.8, 4) is 11.1 Å². The molecule has 1 N–H and O–H groups in total. The number of benzene rings is 2. The Morgan fingerprint density at radius 3 is 2.55 bits per heavy atom. The molecule has 0 heterocycles. The molecule has 0 aliphatic heterocycles. The molecule has 20 heavy (non-hydrogen) atoms. The SMILES string of the molecule is Cc1ccc(CNC(C)C)c(-c2cc(F)ccc2Cl)c1. The summed E-state index contributed by atoms with van der Waals surface area (Å²) in [5, 5.41) is 3.96. The monoisotopic (exact) mass is 291 g/mol. The van der Waals surface area contributed by atoms with E-state index in [0.29, 0.717) is 11.1 Å². The van der Waals surface area contributed by atoms with Crippen LogP contribution < -0.4 is 5.32 Å². The highest BCUT2D eigenvalue weighted by Gasteiger charge is 2.10. The van der Waals surface area contributed by atoms with Gasteiger partial charge in [0.05, 0.1) is 0 Å². The van der Waals surface area contributed by atoms with Gasteiger partial charge in [0.2, 0.25) is 0 Å². The van der Waals surface area contributed by atoms with Gasteiger partial charge in [0.15, 0.2) is 0 Å². The van der Waals surface area contributed by atoms with E-state index in [1.807, 2.05) is 6.92 Å². The summed E-state index contributed by atoms with van der Waals surface area (Å²) in [6, 6.07) is 11.1. The molecule has 0 bridgehead atoms. The van der Waals surface area contributed by atoms with E-state index < -0.39 is 0 Å². The van der Waals surface area contributed by atoms with Gasteiger partial charge < -0.3 is 5.32 Å². The Morgan fingerprint density at radius 1 is 1.10 bits per heavy atom. The first kappa shape index (κ1) is 15.0. The quantitative estimate of drug-likeness (QED) is 0.840. The van der Waals surface area contributed by atoms with Gasteiger partial charge in [-0.2, -0.15) is 0 Å². The Hall–Kier alpha value is -1.38. The van der Waals surface area contributed by atoms with Gasteiger partial charge in [0, 0.05) is 23.2 Å². The predicted molar refractivity (Wildman–Crippen MR) is 83.6 cm³/mol. The molecular formula is C17H19ClFN. The third kappa shape index (κ3) is 3.59. The van der Waals surface area contributed by atoms with E-state index in [9.17, 15) is 4.39 Å². The first-order valence-corrected chi connectivity index (χ1v) is 7.13. The van der Waals surface area contributed by atoms with E-state index >= 15 is 0 Å². The lowest BCUT2D eigenvalue weighted by molar-refractivity contribution is 0.589. The third-order valence-corrected chi connectivity index (χ3v) is 3.51. The molecule has 0 aliphatic carbocycles. The van der Waals surface area contributed by atoms with E-state index in [1.165, 1.54) is 12.1 Å². The lowest BCUT2D eigenvalue weighted by Gasteiger charge is -2.15. The van der Waals surface area contributed by atoms with Crippen molar-refractivity contribution in [2.45, 2.75) is 33.4 Å². The number of halogens is 2. The van der Waals surface area contributed by atoms with Crippen molar-refractivity contribution in [3.05, 3.63) is 58.4 Å². The Bertz CT molecular complexity index is 608. The number of hydrogen-bond acceptors (Lipinski definition) is 1. The fourth-order valence-electron chi connectivity index (χ4n) is 2.11. The minimum Gasteiger partial charge on any atom is -0.310 e. The molecule has 2 aromatic carbocycles. The molecule has 0 fully saturated rings. The van der Waals surface area contributed by atoms with Crippen LogP contribution in [0, 0.1) is 12.7 Å². The molecule has 0 atom stereocenters. The maximum Gasteiger partial charge on any atom is 0.123 e. The van der Waals surface area contributed by atoms with E-state index in [1.54, 1.807) is 6.07 Å². The molecule has 2 aromatic rings. The van der Waals surface area contributed by atoms with Gasteiger partial charge in [0.1, 0.15) is 5.82 Å². The predicted octanol–water partition coefficient (Wildman–Crippen LogP) is 4.95. The lowest BCUT2D eigenvalue weighted by atomic mass is 9.97. The molecule has 3 heteroatoms.